The van der Waals surface area contributed by atoms with Gasteiger partial charge in [0.1, 0.15) is 18.7 Å². The predicted octanol–water partition coefficient (Wildman–Crippen LogP) is 2.24. The zero-order valence-electron chi connectivity index (χ0n) is 10.2. The van der Waals surface area contributed by atoms with Gasteiger partial charge in [0.15, 0.2) is 0 Å². The van der Waals surface area contributed by atoms with E-state index in [9.17, 15) is 0 Å². The largest absolute Gasteiger partial charge is 0.489 e. The SMILES string of the molecule is c1ccc(COc2ccc(-n3cnnn3)cc2)cc1. The number of hydrogen-bond acceptors (Lipinski definition) is 4. The van der Waals surface area contributed by atoms with Crippen molar-refractivity contribution in [1.29, 1.82) is 0 Å². The first kappa shape index (κ1) is 11.4. The molecule has 5 nitrogen and oxygen atoms in total. The van der Waals surface area contributed by atoms with Crippen molar-refractivity contribution in [3.05, 3.63) is 66.5 Å². The quantitative estimate of drug-likeness (QED) is 0.714. The highest BCUT2D eigenvalue weighted by atomic mass is 16.5. The Morgan fingerprint density at radius 2 is 1.74 bits per heavy atom. The Kier molecular flexibility index (Phi) is 3.18. The summed E-state index contributed by atoms with van der Waals surface area (Å²) in [5, 5.41) is 11.0. The van der Waals surface area contributed by atoms with Crippen molar-refractivity contribution in [2.24, 2.45) is 0 Å². The normalized spacial score (nSPS) is 10.3. The second-order valence-corrected chi connectivity index (χ2v) is 4.02. The first-order valence-electron chi connectivity index (χ1n) is 5.92. The van der Waals surface area contributed by atoms with Crippen molar-refractivity contribution >= 4 is 0 Å². The summed E-state index contributed by atoms with van der Waals surface area (Å²) in [5.41, 5.74) is 2.05. The number of ether oxygens (including phenoxy) is 1. The highest BCUT2D eigenvalue weighted by Gasteiger charge is 1.99. The Morgan fingerprint density at radius 1 is 0.947 bits per heavy atom. The molecular formula is C14H12N4O. The van der Waals surface area contributed by atoms with E-state index in [1.165, 1.54) is 0 Å². The highest BCUT2D eigenvalue weighted by Crippen LogP contribution is 2.15. The van der Waals surface area contributed by atoms with E-state index in [1.807, 2.05) is 54.6 Å². The van der Waals surface area contributed by atoms with Crippen LogP contribution in [-0.2, 0) is 6.61 Å². The van der Waals surface area contributed by atoms with Gasteiger partial charge in [-0.05, 0) is 40.3 Å². The van der Waals surface area contributed by atoms with Crippen molar-refractivity contribution in [3.8, 4) is 11.4 Å². The summed E-state index contributed by atoms with van der Waals surface area (Å²) in [6, 6.07) is 17.7. The van der Waals surface area contributed by atoms with E-state index in [1.54, 1.807) is 11.0 Å². The Hall–Kier alpha value is -2.69. The van der Waals surface area contributed by atoms with Crippen LogP contribution >= 0.6 is 0 Å². The molecule has 5 heteroatoms. The molecule has 0 spiro atoms. The van der Waals surface area contributed by atoms with Crippen LogP contribution in [0.1, 0.15) is 5.56 Å². The smallest absolute Gasteiger partial charge is 0.143 e. The molecule has 3 rings (SSSR count). The van der Waals surface area contributed by atoms with Gasteiger partial charge >= 0.3 is 0 Å². The fourth-order valence-electron chi connectivity index (χ4n) is 1.72. The van der Waals surface area contributed by atoms with Crippen molar-refractivity contribution in [3.63, 3.8) is 0 Å². The van der Waals surface area contributed by atoms with Crippen LogP contribution in [0.15, 0.2) is 60.9 Å². The Labute approximate surface area is 110 Å². The van der Waals surface area contributed by atoms with Crippen LogP contribution in [0.25, 0.3) is 5.69 Å². The summed E-state index contributed by atoms with van der Waals surface area (Å²) < 4.78 is 7.30. The summed E-state index contributed by atoms with van der Waals surface area (Å²) in [7, 11) is 0. The summed E-state index contributed by atoms with van der Waals surface area (Å²) >= 11 is 0. The molecule has 0 fully saturated rings. The fourth-order valence-corrected chi connectivity index (χ4v) is 1.72. The van der Waals surface area contributed by atoms with Crippen LogP contribution in [0, 0.1) is 0 Å². The second kappa shape index (κ2) is 5.30. The molecular weight excluding hydrogens is 240 g/mol. The van der Waals surface area contributed by atoms with Crippen LogP contribution < -0.4 is 4.74 Å². The average Bonchev–Trinajstić information content (AvgIpc) is 3.01. The molecule has 0 aliphatic heterocycles. The Balaban J connectivity index is 1.67. The van der Waals surface area contributed by atoms with Gasteiger partial charge in [0.05, 0.1) is 5.69 Å². The summed E-state index contributed by atoms with van der Waals surface area (Å²) in [6.45, 7) is 0.561. The Bertz CT molecular complexity index is 620. The maximum Gasteiger partial charge on any atom is 0.143 e. The molecule has 0 radical (unpaired) electrons. The number of hydrogen-bond donors (Lipinski definition) is 0. The zero-order valence-corrected chi connectivity index (χ0v) is 10.2. The van der Waals surface area contributed by atoms with Crippen LogP contribution in [0.2, 0.25) is 0 Å². The molecule has 0 atom stereocenters. The van der Waals surface area contributed by atoms with E-state index in [0.29, 0.717) is 6.61 Å². The lowest BCUT2D eigenvalue weighted by Gasteiger charge is -2.07. The van der Waals surface area contributed by atoms with Crippen LogP contribution in [-0.4, -0.2) is 20.2 Å². The summed E-state index contributed by atoms with van der Waals surface area (Å²) in [5.74, 6) is 0.820. The van der Waals surface area contributed by atoms with Gasteiger partial charge < -0.3 is 4.74 Å². The number of tetrazole rings is 1. The van der Waals surface area contributed by atoms with E-state index < -0.39 is 0 Å². The van der Waals surface area contributed by atoms with E-state index >= 15 is 0 Å². The van der Waals surface area contributed by atoms with Crippen LogP contribution in [0.5, 0.6) is 5.75 Å². The van der Waals surface area contributed by atoms with Crippen molar-refractivity contribution < 1.29 is 4.74 Å². The zero-order chi connectivity index (χ0) is 12.9. The molecule has 0 saturated carbocycles. The van der Waals surface area contributed by atoms with E-state index in [2.05, 4.69) is 15.5 Å². The van der Waals surface area contributed by atoms with Crippen molar-refractivity contribution in [1.82, 2.24) is 20.2 Å². The molecule has 19 heavy (non-hydrogen) atoms. The van der Waals surface area contributed by atoms with Crippen molar-refractivity contribution in [2.45, 2.75) is 6.61 Å². The predicted molar refractivity (Wildman–Crippen MR) is 69.9 cm³/mol. The molecule has 94 valence electrons. The standard InChI is InChI=1S/C14H12N4O/c1-2-4-12(5-3-1)10-19-14-8-6-13(7-9-14)18-11-15-16-17-18/h1-9,11H,10H2. The second-order valence-electron chi connectivity index (χ2n) is 4.02. The molecule has 2 aromatic carbocycles. The van der Waals surface area contributed by atoms with Crippen LogP contribution in [0.3, 0.4) is 0 Å². The average molecular weight is 252 g/mol. The molecule has 0 aliphatic carbocycles. The monoisotopic (exact) mass is 252 g/mol. The first-order chi connectivity index (χ1) is 9.42. The molecule has 1 aromatic heterocycles. The molecule has 0 bridgehead atoms. The van der Waals surface area contributed by atoms with Gasteiger partial charge in [-0.3, -0.25) is 0 Å². The van der Waals surface area contributed by atoms with Gasteiger partial charge in [-0.15, -0.1) is 5.10 Å². The highest BCUT2D eigenvalue weighted by molar-refractivity contribution is 5.36. The van der Waals surface area contributed by atoms with E-state index in [-0.39, 0.29) is 0 Å². The van der Waals surface area contributed by atoms with Crippen molar-refractivity contribution in [2.75, 3.05) is 0 Å². The van der Waals surface area contributed by atoms with E-state index in [0.717, 1.165) is 17.0 Å². The minimum Gasteiger partial charge on any atom is -0.489 e. The third-order valence-electron chi connectivity index (χ3n) is 2.70. The lowest BCUT2D eigenvalue weighted by atomic mass is 10.2. The first-order valence-corrected chi connectivity index (χ1v) is 5.92. The lowest BCUT2D eigenvalue weighted by molar-refractivity contribution is 0.306. The summed E-state index contributed by atoms with van der Waals surface area (Å²) in [6.07, 6.45) is 1.56. The third-order valence-corrected chi connectivity index (χ3v) is 2.70. The van der Waals surface area contributed by atoms with Gasteiger partial charge in [-0.2, -0.15) is 0 Å². The minimum atomic E-state index is 0.561. The fraction of sp³-hybridized carbons (Fsp3) is 0.0714. The molecule has 1 heterocycles. The van der Waals surface area contributed by atoms with Gasteiger partial charge in [0, 0.05) is 0 Å². The van der Waals surface area contributed by atoms with Gasteiger partial charge in [-0.1, -0.05) is 30.3 Å². The van der Waals surface area contributed by atoms with Gasteiger partial charge in [0.2, 0.25) is 0 Å². The lowest BCUT2D eigenvalue weighted by Crippen LogP contribution is -1.97. The Morgan fingerprint density at radius 3 is 2.42 bits per heavy atom. The molecule has 0 N–H and O–H groups in total. The topological polar surface area (TPSA) is 52.8 Å². The number of aromatic nitrogens is 4. The molecule has 3 aromatic rings. The molecule has 0 unspecified atom stereocenters. The third kappa shape index (κ3) is 2.77. The van der Waals surface area contributed by atoms with E-state index in [4.69, 9.17) is 4.74 Å². The molecule has 0 saturated heterocycles. The maximum absolute atomic E-state index is 5.70. The molecule has 0 amide bonds. The minimum absolute atomic E-state index is 0.561. The van der Waals surface area contributed by atoms with Gasteiger partial charge in [-0.25, -0.2) is 4.68 Å². The van der Waals surface area contributed by atoms with Gasteiger partial charge in [0.25, 0.3) is 0 Å². The number of rotatable bonds is 4. The number of nitrogens with zero attached hydrogens (tertiary/aromatic N) is 4. The molecule has 0 aliphatic rings. The maximum atomic E-state index is 5.70. The van der Waals surface area contributed by atoms with Crippen LogP contribution in [0.4, 0.5) is 0 Å². The summed E-state index contributed by atoms with van der Waals surface area (Å²) in [4.78, 5) is 0. The number of benzene rings is 2.